The molecular formula is C20H27N5O2. The third-order valence-electron chi connectivity index (χ3n) is 4.79. The summed E-state index contributed by atoms with van der Waals surface area (Å²) in [6.07, 6.45) is 3.89. The predicted molar refractivity (Wildman–Crippen MR) is 103 cm³/mol. The van der Waals surface area contributed by atoms with E-state index in [-0.39, 0.29) is 17.7 Å². The zero-order valence-electron chi connectivity index (χ0n) is 16.2. The Balaban J connectivity index is 1.52. The Morgan fingerprint density at radius 1 is 1.30 bits per heavy atom. The van der Waals surface area contributed by atoms with Crippen LogP contribution >= 0.6 is 0 Å². The minimum Gasteiger partial charge on any atom is -0.337 e. The van der Waals surface area contributed by atoms with E-state index in [1.165, 1.54) is 0 Å². The number of aryl methyl sites for hydroxylation is 1. The zero-order valence-corrected chi connectivity index (χ0v) is 16.2. The Morgan fingerprint density at radius 2 is 2.04 bits per heavy atom. The highest BCUT2D eigenvalue weighted by Gasteiger charge is 2.29. The van der Waals surface area contributed by atoms with Gasteiger partial charge in [0.2, 0.25) is 5.91 Å². The highest BCUT2D eigenvalue weighted by molar-refractivity contribution is 5.94. The number of H-pyrrole nitrogens is 1. The largest absolute Gasteiger partial charge is 0.337 e. The van der Waals surface area contributed by atoms with Crippen molar-refractivity contribution in [2.75, 3.05) is 18.4 Å². The summed E-state index contributed by atoms with van der Waals surface area (Å²) < 4.78 is 0. The van der Waals surface area contributed by atoms with E-state index in [2.05, 4.69) is 34.3 Å². The normalized spacial score (nSPS) is 15.2. The van der Waals surface area contributed by atoms with Crippen LogP contribution in [0.1, 0.15) is 48.4 Å². The van der Waals surface area contributed by atoms with Crippen LogP contribution in [0.15, 0.2) is 24.4 Å². The maximum Gasteiger partial charge on any atom is 0.274 e. The molecule has 0 radical (unpaired) electrons. The average Bonchev–Trinajstić information content (AvgIpc) is 3.11. The van der Waals surface area contributed by atoms with Gasteiger partial charge in [0.25, 0.3) is 5.91 Å². The molecule has 2 aromatic rings. The number of rotatable bonds is 5. The number of likely N-dealkylation sites (tertiary alicyclic amines) is 1. The summed E-state index contributed by atoms with van der Waals surface area (Å²) >= 11 is 0. The molecule has 0 aliphatic carbocycles. The van der Waals surface area contributed by atoms with Crippen molar-refractivity contribution < 1.29 is 9.59 Å². The summed E-state index contributed by atoms with van der Waals surface area (Å²) in [7, 11) is 0. The Kier molecular flexibility index (Phi) is 5.88. The number of pyridine rings is 1. The third kappa shape index (κ3) is 4.93. The van der Waals surface area contributed by atoms with Gasteiger partial charge < -0.3 is 10.2 Å². The molecule has 3 rings (SSSR count). The number of piperidine rings is 1. The van der Waals surface area contributed by atoms with E-state index in [4.69, 9.17) is 0 Å². The van der Waals surface area contributed by atoms with Gasteiger partial charge in [-0.25, -0.2) is 4.98 Å². The van der Waals surface area contributed by atoms with E-state index in [0.29, 0.717) is 43.4 Å². The number of aromatic nitrogens is 3. The van der Waals surface area contributed by atoms with Crippen LogP contribution in [0.4, 0.5) is 5.82 Å². The number of carbonyl (C=O) groups excluding carboxylic acids is 2. The lowest BCUT2D eigenvalue weighted by Gasteiger charge is -2.30. The molecule has 1 saturated heterocycles. The van der Waals surface area contributed by atoms with Crippen molar-refractivity contribution in [2.24, 2.45) is 11.8 Å². The van der Waals surface area contributed by atoms with Crippen molar-refractivity contribution in [1.29, 1.82) is 0 Å². The van der Waals surface area contributed by atoms with Crippen molar-refractivity contribution >= 4 is 17.6 Å². The van der Waals surface area contributed by atoms with Gasteiger partial charge in [0, 0.05) is 30.9 Å². The van der Waals surface area contributed by atoms with E-state index in [0.717, 1.165) is 17.7 Å². The summed E-state index contributed by atoms with van der Waals surface area (Å²) in [5, 5.41) is 9.97. The molecule has 1 aliphatic heterocycles. The number of aromatic amines is 1. The van der Waals surface area contributed by atoms with Gasteiger partial charge in [-0.2, -0.15) is 5.10 Å². The van der Waals surface area contributed by atoms with Crippen LogP contribution in [0.5, 0.6) is 0 Å². The fraction of sp³-hybridized carbons (Fsp3) is 0.500. The van der Waals surface area contributed by atoms with Crippen molar-refractivity contribution in [3.63, 3.8) is 0 Å². The van der Waals surface area contributed by atoms with E-state index in [9.17, 15) is 9.59 Å². The minimum absolute atomic E-state index is 0.0301. The number of hydrogen-bond acceptors (Lipinski definition) is 4. The summed E-state index contributed by atoms with van der Waals surface area (Å²) in [6, 6.07) is 5.56. The van der Waals surface area contributed by atoms with Crippen LogP contribution in [0.2, 0.25) is 0 Å². The van der Waals surface area contributed by atoms with Crippen LogP contribution < -0.4 is 5.32 Å². The van der Waals surface area contributed by atoms with E-state index >= 15 is 0 Å². The fourth-order valence-corrected chi connectivity index (χ4v) is 3.29. The monoisotopic (exact) mass is 369 g/mol. The van der Waals surface area contributed by atoms with Gasteiger partial charge in [-0.15, -0.1) is 0 Å². The van der Waals surface area contributed by atoms with Crippen molar-refractivity contribution in [3.8, 4) is 0 Å². The standard InChI is InChI=1S/C20H27N5O2/c1-13(2)10-16-11-17(24-23-16)20(27)25-8-6-15(7-9-25)19(26)22-18-5-4-14(3)12-21-18/h4-5,11-13,15H,6-10H2,1-3H3,(H,23,24)(H,21,22,26). The summed E-state index contributed by atoms with van der Waals surface area (Å²) in [4.78, 5) is 31.1. The number of carbonyl (C=O) groups is 2. The second-order valence-corrected chi connectivity index (χ2v) is 7.65. The number of hydrogen-bond donors (Lipinski definition) is 2. The predicted octanol–water partition coefficient (Wildman–Crippen LogP) is 2.80. The summed E-state index contributed by atoms with van der Waals surface area (Å²) in [6.45, 7) is 7.33. The first-order valence-corrected chi connectivity index (χ1v) is 9.49. The quantitative estimate of drug-likeness (QED) is 0.848. The minimum atomic E-state index is -0.104. The van der Waals surface area contributed by atoms with Crippen LogP contribution in [0.3, 0.4) is 0 Å². The molecule has 0 spiro atoms. The van der Waals surface area contributed by atoms with E-state index in [1.807, 2.05) is 19.1 Å². The molecule has 0 bridgehead atoms. The Hall–Kier alpha value is -2.70. The molecule has 7 nitrogen and oxygen atoms in total. The third-order valence-corrected chi connectivity index (χ3v) is 4.79. The van der Waals surface area contributed by atoms with Crippen molar-refractivity contribution in [1.82, 2.24) is 20.1 Å². The molecule has 0 aromatic carbocycles. The Bertz CT molecular complexity index is 789. The number of amides is 2. The maximum atomic E-state index is 12.6. The molecule has 2 amide bonds. The molecule has 1 fully saturated rings. The fourth-order valence-electron chi connectivity index (χ4n) is 3.29. The Morgan fingerprint density at radius 3 is 2.67 bits per heavy atom. The molecule has 2 N–H and O–H groups in total. The first-order valence-electron chi connectivity index (χ1n) is 9.49. The topological polar surface area (TPSA) is 91.0 Å². The molecule has 27 heavy (non-hydrogen) atoms. The molecule has 0 saturated carbocycles. The lowest BCUT2D eigenvalue weighted by Crippen LogP contribution is -2.41. The number of anilines is 1. The highest BCUT2D eigenvalue weighted by Crippen LogP contribution is 2.21. The molecule has 2 aromatic heterocycles. The summed E-state index contributed by atoms with van der Waals surface area (Å²) in [5.41, 5.74) is 2.49. The molecule has 0 unspecified atom stereocenters. The lowest BCUT2D eigenvalue weighted by molar-refractivity contribution is -0.121. The second-order valence-electron chi connectivity index (χ2n) is 7.65. The maximum absolute atomic E-state index is 12.6. The van der Waals surface area contributed by atoms with Crippen LogP contribution in [-0.2, 0) is 11.2 Å². The lowest BCUT2D eigenvalue weighted by atomic mass is 9.95. The molecular weight excluding hydrogens is 342 g/mol. The second kappa shape index (κ2) is 8.33. The first kappa shape index (κ1) is 19.1. The molecule has 7 heteroatoms. The van der Waals surface area contributed by atoms with Gasteiger partial charge in [0.05, 0.1) is 0 Å². The number of nitrogens with zero attached hydrogens (tertiary/aromatic N) is 3. The molecule has 144 valence electrons. The molecule has 3 heterocycles. The zero-order chi connectivity index (χ0) is 19.4. The van der Waals surface area contributed by atoms with Gasteiger partial charge >= 0.3 is 0 Å². The molecule has 0 atom stereocenters. The van der Waals surface area contributed by atoms with Crippen molar-refractivity contribution in [3.05, 3.63) is 41.3 Å². The highest BCUT2D eigenvalue weighted by atomic mass is 16.2. The van der Waals surface area contributed by atoms with E-state index in [1.54, 1.807) is 17.2 Å². The average molecular weight is 369 g/mol. The van der Waals surface area contributed by atoms with Crippen LogP contribution in [-0.4, -0.2) is 45.0 Å². The van der Waals surface area contributed by atoms with Gasteiger partial charge in [0.1, 0.15) is 11.5 Å². The van der Waals surface area contributed by atoms with Gasteiger partial charge in [-0.05, 0) is 49.8 Å². The van der Waals surface area contributed by atoms with Gasteiger partial charge in [-0.1, -0.05) is 19.9 Å². The van der Waals surface area contributed by atoms with E-state index < -0.39 is 0 Å². The summed E-state index contributed by atoms with van der Waals surface area (Å²) in [5.74, 6) is 0.870. The van der Waals surface area contributed by atoms with Crippen LogP contribution in [0, 0.1) is 18.8 Å². The Labute approximate surface area is 159 Å². The first-order chi connectivity index (χ1) is 12.9. The van der Waals surface area contributed by atoms with Gasteiger partial charge in [-0.3, -0.25) is 14.7 Å². The van der Waals surface area contributed by atoms with Gasteiger partial charge in [0.15, 0.2) is 0 Å². The van der Waals surface area contributed by atoms with Crippen molar-refractivity contribution in [2.45, 2.75) is 40.0 Å². The van der Waals surface area contributed by atoms with Crippen LogP contribution in [0.25, 0.3) is 0 Å². The number of nitrogens with one attached hydrogen (secondary N) is 2. The smallest absolute Gasteiger partial charge is 0.274 e. The molecule has 1 aliphatic rings. The SMILES string of the molecule is Cc1ccc(NC(=O)C2CCN(C(=O)c3cc(CC(C)C)[nH]n3)CC2)nc1.